The van der Waals surface area contributed by atoms with Crippen LogP contribution in [0.15, 0.2) is 18.2 Å². The lowest BCUT2D eigenvalue weighted by atomic mass is 9.91. The van der Waals surface area contributed by atoms with Crippen molar-refractivity contribution in [3.8, 4) is 5.75 Å². The standard InChI is InChI=1S/C15H22O2S/c1-11-3-4-15(17-2)13(9-11)14(16)10-12-5-7-18-8-6-12/h3-4,9,12,14,16H,5-8,10H2,1-2H3. The first-order chi connectivity index (χ1) is 8.70. The summed E-state index contributed by atoms with van der Waals surface area (Å²) >= 11 is 2.03. The SMILES string of the molecule is COc1ccc(C)cc1C(O)CC1CCSCC1. The fourth-order valence-electron chi connectivity index (χ4n) is 2.54. The van der Waals surface area contributed by atoms with E-state index in [1.807, 2.05) is 36.9 Å². The Kier molecular flexibility index (Phi) is 4.95. The zero-order chi connectivity index (χ0) is 13.0. The second-order valence-corrected chi connectivity index (χ2v) is 6.28. The molecule has 1 fully saturated rings. The first-order valence-corrected chi connectivity index (χ1v) is 7.76. The van der Waals surface area contributed by atoms with Crippen molar-refractivity contribution in [1.82, 2.24) is 0 Å². The lowest BCUT2D eigenvalue weighted by Crippen LogP contribution is -2.14. The van der Waals surface area contributed by atoms with Gasteiger partial charge in [-0.15, -0.1) is 0 Å². The van der Waals surface area contributed by atoms with E-state index in [1.165, 1.54) is 29.9 Å². The summed E-state index contributed by atoms with van der Waals surface area (Å²) in [5.41, 5.74) is 2.11. The van der Waals surface area contributed by atoms with Crippen molar-refractivity contribution in [3.05, 3.63) is 29.3 Å². The third-order valence-electron chi connectivity index (χ3n) is 3.64. The average molecular weight is 266 g/mol. The van der Waals surface area contributed by atoms with E-state index in [0.29, 0.717) is 5.92 Å². The minimum absolute atomic E-state index is 0.395. The van der Waals surface area contributed by atoms with Gasteiger partial charge in [-0.3, -0.25) is 0 Å². The van der Waals surface area contributed by atoms with Gasteiger partial charge in [0.05, 0.1) is 13.2 Å². The molecule has 1 heterocycles. The molecule has 100 valence electrons. The Hall–Kier alpha value is -0.670. The summed E-state index contributed by atoms with van der Waals surface area (Å²) in [6, 6.07) is 6.01. The van der Waals surface area contributed by atoms with Crippen molar-refractivity contribution in [2.45, 2.75) is 32.3 Å². The highest BCUT2D eigenvalue weighted by Gasteiger charge is 2.21. The minimum atomic E-state index is -0.395. The molecule has 1 N–H and O–H groups in total. The molecule has 1 aliphatic rings. The summed E-state index contributed by atoms with van der Waals surface area (Å²) in [4.78, 5) is 0. The average Bonchev–Trinajstić information content (AvgIpc) is 2.40. The van der Waals surface area contributed by atoms with Crippen LogP contribution in [0, 0.1) is 12.8 Å². The van der Waals surface area contributed by atoms with Crippen LogP contribution < -0.4 is 4.74 Å². The predicted octanol–water partition coefficient (Wildman–Crippen LogP) is 3.57. The summed E-state index contributed by atoms with van der Waals surface area (Å²) in [5.74, 6) is 3.94. The van der Waals surface area contributed by atoms with E-state index in [2.05, 4.69) is 0 Å². The molecule has 18 heavy (non-hydrogen) atoms. The van der Waals surface area contributed by atoms with Crippen LogP contribution in [0.4, 0.5) is 0 Å². The smallest absolute Gasteiger partial charge is 0.124 e. The second-order valence-electron chi connectivity index (χ2n) is 5.05. The maximum atomic E-state index is 10.4. The third-order valence-corrected chi connectivity index (χ3v) is 4.69. The molecule has 0 saturated carbocycles. The monoisotopic (exact) mass is 266 g/mol. The Morgan fingerprint density at radius 2 is 2.11 bits per heavy atom. The molecule has 2 rings (SSSR count). The van der Waals surface area contributed by atoms with Crippen LogP contribution in [0.2, 0.25) is 0 Å². The molecule has 1 aromatic carbocycles. The normalized spacial score (nSPS) is 18.6. The predicted molar refractivity (Wildman–Crippen MR) is 77.4 cm³/mol. The lowest BCUT2D eigenvalue weighted by molar-refractivity contribution is 0.137. The fourth-order valence-corrected chi connectivity index (χ4v) is 3.74. The summed E-state index contributed by atoms with van der Waals surface area (Å²) in [6.07, 6.45) is 2.93. The van der Waals surface area contributed by atoms with E-state index in [0.717, 1.165) is 17.7 Å². The quantitative estimate of drug-likeness (QED) is 0.903. The van der Waals surface area contributed by atoms with Gasteiger partial charge in [-0.25, -0.2) is 0 Å². The first kappa shape index (κ1) is 13.8. The summed E-state index contributed by atoms with van der Waals surface area (Å²) in [7, 11) is 1.66. The minimum Gasteiger partial charge on any atom is -0.496 e. The number of thioether (sulfide) groups is 1. The molecule has 1 aromatic rings. The van der Waals surface area contributed by atoms with Crippen molar-refractivity contribution in [1.29, 1.82) is 0 Å². The summed E-state index contributed by atoms with van der Waals surface area (Å²) < 4.78 is 5.35. The van der Waals surface area contributed by atoms with Gasteiger partial charge in [-0.1, -0.05) is 11.6 Å². The molecule has 0 aliphatic carbocycles. The largest absolute Gasteiger partial charge is 0.496 e. The van der Waals surface area contributed by atoms with Gasteiger partial charge in [-0.05, 0) is 55.7 Å². The van der Waals surface area contributed by atoms with E-state index < -0.39 is 6.10 Å². The Balaban J connectivity index is 2.07. The molecule has 1 unspecified atom stereocenters. The van der Waals surface area contributed by atoms with Crippen LogP contribution in [-0.4, -0.2) is 23.7 Å². The number of benzene rings is 1. The van der Waals surface area contributed by atoms with E-state index >= 15 is 0 Å². The van der Waals surface area contributed by atoms with Crippen LogP contribution in [-0.2, 0) is 0 Å². The second kappa shape index (κ2) is 6.48. The maximum Gasteiger partial charge on any atom is 0.124 e. The van der Waals surface area contributed by atoms with Gasteiger partial charge < -0.3 is 9.84 Å². The van der Waals surface area contributed by atoms with Crippen LogP contribution in [0.3, 0.4) is 0 Å². The van der Waals surface area contributed by atoms with Gasteiger partial charge in [0.15, 0.2) is 0 Å². The zero-order valence-electron chi connectivity index (χ0n) is 11.2. The number of aliphatic hydroxyl groups is 1. The molecule has 2 nitrogen and oxygen atoms in total. The van der Waals surface area contributed by atoms with Crippen molar-refractivity contribution in [3.63, 3.8) is 0 Å². The van der Waals surface area contributed by atoms with Crippen molar-refractivity contribution < 1.29 is 9.84 Å². The summed E-state index contributed by atoms with van der Waals surface area (Å²) in [6.45, 7) is 2.05. The van der Waals surface area contributed by atoms with E-state index in [4.69, 9.17) is 4.74 Å². The molecule has 1 aliphatic heterocycles. The molecule has 1 atom stereocenters. The summed E-state index contributed by atoms with van der Waals surface area (Å²) in [5, 5.41) is 10.4. The van der Waals surface area contributed by atoms with E-state index in [9.17, 15) is 5.11 Å². The highest BCUT2D eigenvalue weighted by molar-refractivity contribution is 7.99. The number of aryl methyl sites for hydroxylation is 1. The molecule has 0 amide bonds. The Morgan fingerprint density at radius 1 is 1.39 bits per heavy atom. The molecular formula is C15H22O2S. The number of methoxy groups -OCH3 is 1. The number of ether oxygens (including phenoxy) is 1. The van der Waals surface area contributed by atoms with Gasteiger partial charge in [0.1, 0.15) is 5.75 Å². The van der Waals surface area contributed by atoms with Crippen LogP contribution in [0.5, 0.6) is 5.75 Å². The number of hydrogen-bond acceptors (Lipinski definition) is 3. The first-order valence-electron chi connectivity index (χ1n) is 6.61. The van der Waals surface area contributed by atoms with E-state index in [-0.39, 0.29) is 0 Å². The highest BCUT2D eigenvalue weighted by Crippen LogP contribution is 2.34. The van der Waals surface area contributed by atoms with Crippen molar-refractivity contribution in [2.24, 2.45) is 5.92 Å². The molecule has 0 bridgehead atoms. The highest BCUT2D eigenvalue weighted by atomic mass is 32.2. The van der Waals surface area contributed by atoms with Gasteiger partial charge in [0.2, 0.25) is 0 Å². The van der Waals surface area contributed by atoms with Gasteiger partial charge in [0, 0.05) is 5.56 Å². The van der Waals surface area contributed by atoms with Gasteiger partial charge in [-0.2, -0.15) is 11.8 Å². The molecule has 0 spiro atoms. The van der Waals surface area contributed by atoms with E-state index in [1.54, 1.807) is 7.11 Å². The maximum absolute atomic E-state index is 10.4. The van der Waals surface area contributed by atoms with Crippen LogP contribution in [0.25, 0.3) is 0 Å². The molecule has 0 aromatic heterocycles. The van der Waals surface area contributed by atoms with Crippen LogP contribution in [0.1, 0.15) is 36.5 Å². The van der Waals surface area contributed by atoms with Gasteiger partial charge >= 0.3 is 0 Å². The zero-order valence-corrected chi connectivity index (χ0v) is 12.0. The molecular weight excluding hydrogens is 244 g/mol. The third kappa shape index (κ3) is 3.42. The Morgan fingerprint density at radius 3 is 2.78 bits per heavy atom. The Bertz CT molecular complexity index is 386. The fraction of sp³-hybridized carbons (Fsp3) is 0.600. The topological polar surface area (TPSA) is 29.5 Å². The number of hydrogen-bond donors (Lipinski definition) is 1. The number of rotatable bonds is 4. The molecule has 3 heteroatoms. The lowest BCUT2D eigenvalue weighted by Gasteiger charge is -2.24. The molecule has 1 saturated heterocycles. The van der Waals surface area contributed by atoms with Crippen molar-refractivity contribution >= 4 is 11.8 Å². The van der Waals surface area contributed by atoms with Gasteiger partial charge in [0.25, 0.3) is 0 Å². The molecule has 0 radical (unpaired) electrons. The van der Waals surface area contributed by atoms with Crippen LogP contribution >= 0.6 is 11.8 Å². The number of aliphatic hydroxyl groups excluding tert-OH is 1. The van der Waals surface area contributed by atoms with Crippen molar-refractivity contribution in [2.75, 3.05) is 18.6 Å². The Labute approximate surface area is 114 Å².